The maximum atomic E-state index is 11.3. The molecule has 1 aliphatic rings. The zero-order valence-electron chi connectivity index (χ0n) is 14.9. The molecule has 1 rings (SSSR count). The molecule has 10 heteroatoms. The van der Waals surface area contributed by atoms with Gasteiger partial charge in [-0.1, -0.05) is 0 Å². The van der Waals surface area contributed by atoms with E-state index in [1.165, 1.54) is 12.2 Å². The van der Waals surface area contributed by atoms with Crippen LogP contribution in [0.5, 0.6) is 0 Å². The lowest BCUT2D eigenvalue weighted by Gasteiger charge is -2.13. The lowest BCUT2D eigenvalue weighted by Crippen LogP contribution is -2.33. The van der Waals surface area contributed by atoms with E-state index in [-0.39, 0.29) is 30.8 Å². The van der Waals surface area contributed by atoms with Gasteiger partial charge < -0.3 is 29.4 Å². The first kappa shape index (κ1) is 24.9. The van der Waals surface area contributed by atoms with Crippen LogP contribution in [-0.2, 0) is 33.3 Å². The molecule has 152 valence electrons. The maximum Gasteiger partial charge on any atom is 0.253 e. The molecule has 0 radical (unpaired) electrons. The predicted octanol–water partition coefficient (Wildman–Crippen LogP) is -0.625. The van der Waals surface area contributed by atoms with Gasteiger partial charge in [0.25, 0.3) is 11.8 Å². The van der Waals surface area contributed by atoms with Crippen LogP contribution in [0.15, 0.2) is 12.2 Å². The first-order valence-corrected chi connectivity index (χ1v) is 8.38. The Morgan fingerprint density at radius 2 is 1.00 bits per heavy atom. The third-order valence-corrected chi connectivity index (χ3v) is 3.11. The van der Waals surface area contributed by atoms with Crippen molar-refractivity contribution in [1.82, 2.24) is 4.90 Å². The number of imide groups is 1. The molecule has 0 unspecified atom stereocenters. The number of hydrogen-bond acceptors (Lipinski definition) is 8. The summed E-state index contributed by atoms with van der Waals surface area (Å²) < 4.78 is 26.5. The average Bonchev–Trinajstić information content (AvgIpc) is 2.93. The Kier molecular flexibility index (Phi) is 16.6. The summed E-state index contributed by atoms with van der Waals surface area (Å²) in [6, 6.07) is 0. The van der Waals surface area contributed by atoms with Gasteiger partial charge in [-0.3, -0.25) is 14.5 Å². The van der Waals surface area contributed by atoms with E-state index in [0.717, 1.165) is 4.90 Å². The van der Waals surface area contributed by atoms with Gasteiger partial charge >= 0.3 is 0 Å². The summed E-state index contributed by atoms with van der Waals surface area (Å²) in [6.45, 7) is 5.48. The van der Waals surface area contributed by atoms with Crippen molar-refractivity contribution in [3.8, 4) is 0 Å². The zero-order chi connectivity index (χ0) is 18.2. The topological polar surface area (TPSA) is 110 Å². The Hall–Kier alpha value is -1.07. The molecule has 0 aromatic heterocycles. The number of hydrogen-bond donors (Lipinski definition) is 1. The van der Waals surface area contributed by atoms with Gasteiger partial charge in [0.2, 0.25) is 0 Å². The van der Waals surface area contributed by atoms with Crippen molar-refractivity contribution >= 4 is 24.2 Å². The van der Waals surface area contributed by atoms with Crippen molar-refractivity contribution in [1.29, 1.82) is 0 Å². The van der Waals surface area contributed by atoms with Gasteiger partial charge in [-0.15, -0.1) is 12.4 Å². The Morgan fingerprint density at radius 1 is 0.654 bits per heavy atom. The van der Waals surface area contributed by atoms with Crippen LogP contribution >= 0.6 is 12.4 Å². The highest BCUT2D eigenvalue weighted by Crippen LogP contribution is 2.02. The van der Waals surface area contributed by atoms with E-state index in [0.29, 0.717) is 72.6 Å². The molecule has 0 saturated carbocycles. The van der Waals surface area contributed by atoms with Gasteiger partial charge in [0.1, 0.15) is 0 Å². The molecule has 0 atom stereocenters. The number of nitrogens with zero attached hydrogens (tertiary/aromatic N) is 1. The smallest absolute Gasteiger partial charge is 0.253 e. The summed E-state index contributed by atoms with van der Waals surface area (Å²) in [6.07, 6.45) is 2.51. The fourth-order valence-electron chi connectivity index (χ4n) is 1.87. The monoisotopic (exact) mass is 396 g/mol. The fraction of sp³-hybridized carbons (Fsp3) is 0.750. The average molecular weight is 397 g/mol. The summed E-state index contributed by atoms with van der Waals surface area (Å²) in [5, 5.41) is 0. The van der Waals surface area contributed by atoms with Crippen molar-refractivity contribution in [2.24, 2.45) is 5.73 Å². The molecule has 1 aliphatic heterocycles. The summed E-state index contributed by atoms with van der Waals surface area (Å²) in [7, 11) is 0. The highest BCUT2D eigenvalue weighted by Gasteiger charge is 2.22. The lowest BCUT2D eigenvalue weighted by molar-refractivity contribution is -0.137. The van der Waals surface area contributed by atoms with Gasteiger partial charge in [0.05, 0.1) is 72.6 Å². The quantitative estimate of drug-likeness (QED) is 0.256. The molecule has 0 saturated heterocycles. The third-order valence-electron chi connectivity index (χ3n) is 3.11. The maximum absolute atomic E-state index is 11.3. The van der Waals surface area contributed by atoms with Crippen LogP contribution in [0.2, 0.25) is 0 Å². The SMILES string of the molecule is Cl.NCCOCCOCCOCCOCCOCCN1C(=O)C=CC1=O. The summed E-state index contributed by atoms with van der Waals surface area (Å²) in [5.41, 5.74) is 5.28. The van der Waals surface area contributed by atoms with Crippen molar-refractivity contribution in [3.05, 3.63) is 12.2 Å². The number of nitrogens with two attached hydrogens (primary N) is 1. The molecule has 0 spiro atoms. The fourth-order valence-corrected chi connectivity index (χ4v) is 1.87. The van der Waals surface area contributed by atoms with Crippen LogP contribution in [-0.4, -0.2) is 95.9 Å². The Morgan fingerprint density at radius 3 is 1.38 bits per heavy atom. The molecule has 26 heavy (non-hydrogen) atoms. The molecule has 2 amide bonds. The van der Waals surface area contributed by atoms with E-state index in [4.69, 9.17) is 29.4 Å². The second kappa shape index (κ2) is 17.3. The first-order valence-electron chi connectivity index (χ1n) is 8.38. The van der Waals surface area contributed by atoms with Crippen LogP contribution in [0.25, 0.3) is 0 Å². The van der Waals surface area contributed by atoms with E-state index in [1.807, 2.05) is 0 Å². The first-order chi connectivity index (χ1) is 12.3. The molecular weight excluding hydrogens is 368 g/mol. The van der Waals surface area contributed by atoms with Crippen LogP contribution in [0.4, 0.5) is 0 Å². The predicted molar refractivity (Wildman–Crippen MR) is 96.3 cm³/mol. The Balaban J connectivity index is 0.00000625. The van der Waals surface area contributed by atoms with Crippen molar-refractivity contribution in [3.63, 3.8) is 0 Å². The van der Waals surface area contributed by atoms with Gasteiger partial charge in [0.15, 0.2) is 0 Å². The van der Waals surface area contributed by atoms with Crippen molar-refractivity contribution < 1.29 is 33.3 Å². The highest BCUT2D eigenvalue weighted by molar-refractivity contribution is 6.12. The molecule has 0 fully saturated rings. The van der Waals surface area contributed by atoms with Crippen LogP contribution < -0.4 is 5.73 Å². The van der Waals surface area contributed by atoms with E-state index in [1.54, 1.807) is 0 Å². The molecule has 0 aliphatic carbocycles. The number of amides is 2. The van der Waals surface area contributed by atoms with E-state index in [2.05, 4.69) is 0 Å². The Bertz CT molecular complexity index is 392. The minimum Gasteiger partial charge on any atom is -0.378 e. The molecule has 9 nitrogen and oxygen atoms in total. The van der Waals surface area contributed by atoms with Gasteiger partial charge in [-0.2, -0.15) is 0 Å². The second-order valence-electron chi connectivity index (χ2n) is 5.01. The molecule has 1 heterocycles. The second-order valence-corrected chi connectivity index (χ2v) is 5.01. The summed E-state index contributed by atoms with van der Waals surface area (Å²) >= 11 is 0. The number of ether oxygens (including phenoxy) is 5. The molecular formula is C16H29ClN2O7. The molecule has 2 N–H and O–H groups in total. The highest BCUT2D eigenvalue weighted by atomic mass is 35.5. The standard InChI is InChI=1S/C16H28N2O7.ClH/c17-3-5-21-7-9-23-11-13-25-14-12-24-10-8-22-6-4-18-15(19)1-2-16(18)20;/h1-2H,3-14,17H2;1H. The number of halogens is 1. The summed E-state index contributed by atoms with van der Waals surface area (Å²) in [5.74, 6) is -0.594. The van der Waals surface area contributed by atoms with Crippen LogP contribution in [0.3, 0.4) is 0 Å². The van der Waals surface area contributed by atoms with Crippen LogP contribution in [0.1, 0.15) is 0 Å². The Labute approximate surface area is 160 Å². The minimum absolute atomic E-state index is 0. The van der Waals surface area contributed by atoms with E-state index in [9.17, 15) is 9.59 Å². The minimum atomic E-state index is -0.297. The normalized spacial score (nSPS) is 13.5. The van der Waals surface area contributed by atoms with Crippen LogP contribution in [0, 0.1) is 0 Å². The third kappa shape index (κ3) is 12.3. The van der Waals surface area contributed by atoms with Crippen molar-refractivity contribution in [2.45, 2.75) is 0 Å². The number of carbonyl (C=O) groups excluding carboxylic acids is 2. The van der Waals surface area contributed by atoms with E-state index >= 15 is 0 Å². The van der Waals surface area contributed by atoms with E-state index < -0.39 is 0 Å². The van der Waals surface area contributed by atoms with Gasteiger partial charge in [0, 0.05) is 18.7 Å². The lowest BCUT2D eigenvalue weighted by atomic mass is 10.5. The molecule has 0 bridgehead atoms. The largest absolute Gasteiger partial charge is 0.378 e. The number of rotatable bonds is 17. The summed E-state index contributed by atoms with van der Waals surface area (Å²) in [4.78, 5) is 23.7. The molecule has 0 aromatic rings. The molecule has 0 aromatic carbocycles. The number of carbonyl (C=O) groups is 2. The van der Waals surface area contributed by atoms with Gasteiger partial charge in [-0.25, -0.2) is 0 Å². The zero-order valence-corrected chi connectivity index (χ0v) is 15.7. The van der Waals surface area contributed by atoms with Crippen molar-refractivity contribution in [2.75, 3.05) is 79.2 Å². The van der Waals surface area contributed by atoms with Gasteiger partial charge in [-0.05, 0) is 0 Å².